The Balaban J connectivity index is 2.18. The van der Waals surface area contributed by atoms with Crippen molar-refractivity contribution < 1.29 is 14.3 Å². The van der Waals surface area contributed by atoms with Gasteiger partial charge in [-0.3, -0.25) is 4.79 Å². The molecule has 1 aliphatic rings. The van der Waals surface area contributed by atoms with Crippen molar-refractivity contribution in [2.75, 3.05) is 33.9 Å². The Morgan fingerprint density at radius 3 is 2.64 bits per heavy atom. The van der Waals surface area contributed by atoms with Gasteiger partial charge in [0, 0.05) is 6.54 Å². The monoisotopic (exact) mass is 306 g/mol. The van der Waals surface area contributed by atoms with Gasteiger partial charge < -0.3 is 19.7 Å². The van der Waals surface area contributed by atoms with E-state index < -0.39 is 0 Å². The molecule has 1 aromatic carbocycles. The summed E-state index contributed by atoms with van der Waals surface area (Å²) in [6.07, 6.45) is 1.88. The third-order valence-corrected chi connectivity index (χ3v) is 4.21. The molecule has 0 aromatic heterocycles. The van der Waals surface area contributed by atoms with Gasteiger partial charge in [-0.1, -0.05) is 6.92 Å². The molecule has 122 valence electrons. The summed E-state index contributed by atoms with van der Waals surface area (Å²) >= 11 is 0. The number of nitrogens with zero attached hydrogens (tertiary/aromatic N) is 1. The predicted octanol–water partition coefficient (Wildman–Crippen LogP) is 2.15. The van der Waals surface area contributed by atoms with E-state index in [1.54, 1.807) is 14.2 Å². The molecule has 5 nitrogen and oxygen atoms in total. The van der Waals surface area contributed by atoms with Gasteiger partial charge in [-0.05, 0) is 49.6 Å². The number of methoxy groups -OCH3 is 2. The van der Waals surface area contributed by atoms with Gasteiger partial charge in [0.1, 0.15) is 0 Å². The molecule has 1 atom stereocenters. The summed E-state index contributed by atoms with van der Waals surface area (Å²) < 4.78 is 10.7. The number of hydrogen-bond donors (Lipinski definition) is 1. The molecule has 1 aliphatic heterocycles. The molecule has 22 heavy (non-hydrogen) atoms. The zero-order valence-corrected chi connectivity index (χ0v) is 13.9. The third kappa shape index (κ3) is 3.35. The lowest BCUT2D eigenvalue weighted by molar-refractivity contribution is -0.132. The molecule has 0 saturated heterocycles. The zero-order valence-electron chi connectivity index (χ0n) is 13.9. The largest absolute Gasteiger partial charge is 0.493 e. The average Bonchev–Trinajstić information content (AvgIpc) is 2.54. The van der Waals surface area contributed by atoms with E-state index in [0.717, 1.165) is 37.2 Å². The Labute approximate surface area is 132 Å². The molecule has 5 heteroatoms. The second kappa shape index (κ2) is 7.49. The van der Waals surface area contributed by atoms with Crippen molar-refractivity contribution in [2.45, 2.75) is 32.7 Å². The Morgan fingerprint density at radius 1 is 1.32 bits per heavy atom. The first-order valence-corrected chi connectivity index (χ1v) is 7.87. The number of fused-ring (bicyclic) bond motifs is 1. The van der Waals surface area contributed by atoms with Crippen LogP contribution in [0.15, 0.2) is 12.1 Å². The smallest absolute Gasteiger partial charge is 0.237 e. The van der Waals surface area contributed by atoms with E-state index in [1.807, 2.05) is 17.0 Å². The lowest BCUT2D eigenvalue weighted by Crippen LogP contribution is -2.43. The highest BCUT2D eigenvalue weighted by atomic mass is 16.5. The number of amides is 1. The van der Waals surface area contributed by atoms with Crippen LogP contribution < -0.4 is 14.8 Å². The standard InChI is InChI=1S/C17H26N2O3/c1-5-7-18-11-17(20)19-8-6-13-9-15(21-3)16(22-4)10-14(13)12(19)2/h9-10,12,18H,5-8,11H2,1-4H3/t12-/m1/s1. The molecule has 1 amide bonds. The van der Waals surface area contributed by atoms with Crippen LogP contribution in [0.1, 0.15) is 37.4 Å². The van der Waals surface area contributed by atoms with E-state index in [9.17, 15) is 4.79 Å². The number of rotatable bonds is 6. The number of hydrogen-bond acceptors (Lipinski definition) is 4. The van der Waals surface area contributed by atoms with Gasteiger partial charge in [0.05, 0.1) is 26.8 Å². The Bertz CT molecular complexity index is 531. The Kier molecular flexibility index (Phi) is 5.66. The molecule has 0 radical (unpaired) electrons. The first-order chi connectivity index (χ1) is 10.6. The summed E-state index contributed by atoms with van der Waals surface area (Å²) in [4.78, 5) is 14.3. The highest BCUT2D eigenvalue weighted by Crippen LogP contribution is 2.37. The molecule has 2 rings (SSSR count). The van der Waals surface area contributed by atoms with E-state index in [4.69, 9.17) is 9.47 Å². The van der Waals surface area contributed by atoms with Crippen molar-refractivity contribution in [2.24, 2.45) is 0 Å². The Hall–Kier alpha value is -1.75. The normalized spacial score (nSPS) is 17.1. The number of carbonyl (C=O) groups excluding carboxylic acids is 1. The van der Waals surface area contributed by atoms with Crippen LogP contribution >= 0.6 is 0 Å². The second-order valence-corrected chi connectivity index (χ2v) is 5.60. The maximum Gasteiger partial charge on any atom is 0.237 e. The van der Waals surface area contributed by atoms with E-state index in [0.29, 0.717) is 12.3 Å². The minimum Gasteiger partial charge on any atom is -0.493 e. The van der Waals surface area contributed by atoms with E-state index in [1.165, 1.54) is 5.56 Å². The minimum absolute atomic E-state index is 0.0551. The third-order valence-electron chi connectivity index (χ3n) is 4.21. The van der Waals surface area contributed by atoms with Crippen LogP contribution in [0.2, 0.25) is 0 Å². The van der Waals surface area contributed by atoms with Crippen LogP contribution in [0.25, 0.3) is 0 Å². The molecule has 1 N–H and O–H groups in total. The van der Waals surface area contributed by atoms with Crippen LogP contribution in [-0.2, 0) is 11.2 Å². The van der Waals surface area contributed by atoms with Crippen LogP contribution in [0.5, 0.6) is 11.5 Å². The van der Waals surface area contributed by atoms with Crippen LogP contribution in [0.3, 0.4) is 0 Å². The van der Waals surface area contributed by atoms with Gasteiger partial charge in [-0.25, -0.2) is 0 Å². The first kappa shape index (κ1) is 16.6. The second-order valence-electron chi connectivity index (χ2n) is 5.60. The highest BCUT2D eigenvalue weighted by molar-refractivity contribution is 5.79. The number of nitrogens with one attached hydrogen (secondary N) is 1. The zero-order chi connectivity index (χ0) is 16.1. The lowest BCUT2D eigenvalue weighted by atomic mass is 9.92. The molecule has 0 bridgehead atoms. The number of carbonyl (C=O) groups is 1. The quantitative estimate of drug-likeness (QED) is 0.818. The topological polar surface area (TPSA) is 50.8 Å². The molecule has 0 spiro atoms. The molecular weight excluding hydrogens is 280 g/mol. The van der Waals surface area contributed by atoms with Gasteiger partial charge in [-0.15, -0.1) is 0 Å². The lowest BCUT2D eigenvalue weighted by Gasteiger charge is -2.36. The summed E-state index contributed by atoms with van der Waals surface area (Å²) in [6.45, 7) is 6.19. The molecule has 0 saturated carbocycles. The molecule has 0 unspecified atom stereocenters. The summed E-state index contributed by atoms with van der Waals surface area (Å²) in [6, 6.07) is 4.08. The summed E-state index contributed by atoms with van der Waals surface area (Å²) in [5, 5.41) is 3.18. The van der Waals surface area contributed by atoms with Gasteiger partial charge in [0.25, 0.3) is 0 Å². The number of benzene rings is 1. The van der Waals surface area contributed by atoms with Gasteiger partial charge >= 0.3 is 0 Å². The summed E-state index contributed by atoms with van der Waals surface area (Å²) in [5.74, 6) is 1.62. The van der Waals surface area contributed by atoms with Crippen molar-refractivity contribution in [3.63, 3.8) is 0 Å². The Morgan fingerprint density at radius 2 is 2.00 bits per heavy atom. The van der Waals surface area contributed by atoms with Crippen LogP contribution in [-0.4, -0.2) is 44.7 Å². The molecule has 0 aliphatic carbocycles. The van der Waals surface area contributed by atoms with Gasteiger partial charge in [-0.2, -0.15) is 0 Å². The fourth-order valence-electron chi connectivity index (χ4n) is 2.96. The van der Waals surface area contributed by atoms with Crippen molar-refractivity contribution in [1.29, 1.82) is 0 Å². The van der Waals surface area contributed by atoms with Crippen molar-refractivity contribution in [3.8, 4) is 11.5 Å². The van der Waals surface area contributed by atoms with Gasteiger partial charge in [0.15, 0.2) is 11.5 Å². The van der Waals surface area contributed by atoms with E-state index in [-0.39, 0.29) is 11.9 Å². The minimum atomic E-state index is 0.0551. The maximum absolute atomic E-state index is 12.4. The fraction of sp³-hybridized carbons (Fsp3) is 0.588. The molecule has 1 aromatic rings. The SMILES string of the molecule is CCCNCC(=O)N1CCc2cc(OC)c(OC)cc2[C@H]1C. The molecular formula is C17H26N2O3. The van der Waals surface area contributed by atoms with Gasteiger partial charge in [0.2, 0.25) is 5.91 Å². The van der Waals surface area contributed by atoms with Crippen molar-refractivity contribution >= 4 is 5.91 Å². The highest BCUT2D eigenvalue weighted by Gasteiger charge is 2.28. The maximum atomic E-state index is 12.4. The van der Waals surface area contributed by atoms with Crippen LogP contribution in [0, 0.1) is 0 Å². The fourth-order valence-corrected chi connectivity index (χ4v) is 2.96. The van der Waals surface area contributed by atoms with Crippen molar-refractivity contribution in [1.82, 2.24) is 10.2 Å². The molecule has 0 fully saturated rings. The predicted molar refractivity (Wildman–Crippen MR) is 86.5 cm³/mol. The summed E-state index contributed by atoms with van der Waals surface area (Å²) in [7, 11) is 3.28. The van der Waals surface area contributed by atoms with Crippen molar-refractivity contribution in [3.05, 3.63) is 23.3 Å². The van der Waals surface area contributed by atoms with Crippen LogP contribution in [0.4, 0.5) is 0 Å². The molecule has 1 heterocycles. The number of ether oxygens (including phenoxy) is 2. The van der Waals surface area contributed by atoms with E-state index >= 15 is 0 Å². The summed E-state index contributed by atoms with van der Waals surface area (Å²) in [5.41, 5.74) is 2.38. The first-order valence-electron chi connectivity index (χ1n) is 7.87. The average molecular weight is 306 g/mol. The van der Waals surface area contributed by atoms with E-state index in [2.05, 4.69) is 19.2 Å².